The molecule has 0 aliphatic rings. The molecule has 2 rings (SSSR count). The highest BCUT2D eigenvalue weighted by Crippen LogP contribution is 2.20. The van der Waals surface area contributed by atoms with Gasteiger partial charge in [0, 0.05) is 0 Å². The molecule has 4 heteroatoms. The summed E-state index contributed by atoms with van der Waals surface area (Å²) in [6, 6.07) is 14.8. The van der Waals surface area contributed by atoms with E-state index >= 15 is 0 Å². The second-order valence-electron chi connectivity index (χ2n) is 4.32. The minimum absolute atomic E-state index is 0.0433. The van der Waals surface area contributed by atoms with Gasteiger partial charge in [-0.25, -0.2) is 0 Å². The van der Waals surface area contributed by atoms with Crippen LogP contribution >= 0.6 is 11.6 Å². The first-order valence-electron chi connectivity index (χ1n) is 6.45. The van der Waals surface area contributed by atoms with Gasteiger partial charge in [0.25, 0.3) is 5.91 Å². The molecule has 0 atom stereocenters. The topological polar surface area (TPSA) is 38.3 Å². The van der Waals surface area contributed by atoms with Crippen LogP contribution in [0.2, 0.25) is 5.02 Å². The Kier molecular flexibility index (Phi) is 5.02. The number of amides is 1. The fourth-order valence-electron chi connectivity index (χ4n) is 1.75. The molecule has 0 aliphatic carbocycles. The van der Waals surface area contributed by atoms with Gasteiger partial charge < -0.3 is 10.1 Å². The number of carbonyl (C=O) groups excluding carboxylic acids is 1. The van der Waals surface area contributed by atoms with Crippen molar-refractivity contribution in [3.05, 3.63) is 59.1 Å². The summed E-state index contributed by atoms with van der Waals surface area (Å²) in [6.07, 6.45) is 0.934. The highest BCUT2D eigenvalue weighted by atomic mass is 35.5. The van der Waals surface area contributed by atoms with E-state index in [-0.39, 0.29) is 12.5 Å². The van der Waals surface area contributed by atoms with E-state index in [9.17, 15) is 4.79 Å². The summed E-state index contributed by atoms with van der Waals surface area (Å²) in [5.74, 6) is 0.457. The van der Waals surface area contributed by atoms with Gasteiger partial charge in [-0.1, -0.05) is 42.8 Å². The second-order valence-corrected chi connectivity index (χ2v) is 4.72. The summed E-state index contributed by atoms with van der Waals surface area (Å²) in [5.41, 5.74) is 1.76. The summed E-state index contributed by atoms with van der Waals surface area (Å²) in [4.78, 5) is 11.8. The Hall–Kier alpha value is -2.00. The van der Waals surface area contributed by atoms with Crippen LogP contribution in [0, 0.1) is 0 Å². The van der Waals surface area contributed by atoms with Gasteiger partial charge in [0.1, 0.15) is 5.75 Å². The summed E-state index contributed by atoms with van der Waals surface area (Å²) < 4.78 is 5.47. The maximum absolute atomic E-state index is 11.8. The first-order chi connectivity index (χ1) is 9.69. The molecule has 0 unspecified atom stereocenters. The van der Waals surface area contributed by atoms with Crippen LogP contribution in [0.5, 0.6) is 5.75 Å². The SMILES string of the molecule is CCc1cccc(OCC(=O)Nc2ccccc2Cl)c1. The smallest absolute Gasteiger partial charge is 0.262 e. The quantitative estimate of drug-likeness (QED) is 0.906. The Morgan fingerprint density at radius 1 is 1.20 bits per heavy atom. The van der Waals surface area contributed by atoms with Crippen molar-refractivity contribution in [2.24, 2.45) is 0 Å². The molecule has 1 N–H and O–H groups in total. The number of aryl methyl sites for hydroxylation is 1. The fourth-order valence-corrected chi connectivity index (χ4v) is 1.94. The molecule has 0 aliphatic heterocycles. The van der Waals surface area contributed by atoms with Crippen LogP contribution in [0.1, 0.15) is 12.5 Å². The molecular formula is C16H16ClNO2. The van der Waals surface area contributed by atoms with Crippen molar-refractivity contribution < 1.29 is 9.53 Å². The standard InChI is InChI=1S/C16H16ClNO2/c1-2-12-6-5-7-13(10-12)20-11-16(19)18-15-9-4-3-8-14(15)17/h3-10H,2,11H2,1H3,(H,18,19). The maximum atomic E-state index is 11.8. The van der Waals surface area contributed by atoms with E-state index in [1.165, 1.54) is 5.56 Å². The van der Waals surface area contributed by atoms with E-state index in [2.05, 4.69) is 12.2 Å². The average Bonchev–Trinajstić information content (AvgIpc) is 2.48. The number of carbonyl (C=O) groups is 1. The molecule has 3 nitrogen and oxygen atoms in total. The van der Waals surface area contributed by atoms with Crippen molar-refractivity contribution in [2.45, 2.75) is 13.3 Å². The van der Waals surface area contributed by atoms with E-state index in [0.717, 1.165) is 6.42 Å². The fraction of sp³-hybridized carbons (Fsp3) is 0.188. The number of rotatable bonds is 5. The Morgan fingerprint density at radius 3 is 2.75 bits per heavy atom. The third kappa shape index (κ3) is 4.00. The van der Waals surface area contributed by atoms with Gasteiger partial charge in [-0.15, -0.1) is 0 Å². The zero-order valence-corrected chi connectivity index (χ0v) is 12.0. The van der Waals surface area contributed by atoms with Gasteiger partial charge in [0.2, 0.25) is 0 Å². The van der Waals surface area contributed by atoms with Crippen LogP contribution < -0.4 is 10.1 Å². The highest BCUT2D eigenvalue weighted by molar-refractivity contribution is 6.33. The van der Waals surface area contributed by atoms with Crippen molar-refractivity contribution in [1.29, 1.82) is 0 Å². The molecule has 20 heavy (non-hydrogen) atoms. The van der Waals surface area contributed by atoms with Crippen molar-refractivity contribution in [1.82, 2.24) is 0 Å². The molecule has 0 heterocycles. The molecule has 2 aromatic carbocycles. The zero-order valence-electron chi connectivity index (χ0n) is 11.2. The largest absolute Gasteiger partial charge is 0.484 e. The lowest BCUT2D eigenvalue weighted by Crippen LogP contribution is -2.20. The summed E-state index contributed by atoms with van der Waals surface area (Å²) in [6.45, 7) is 2.03. The van der Waals surface area contributed by atoms with Crippen LogP contribution in [-0.2, 0) is 11.2 Å². The number of para-hydroxylation sites is 1. The minimum Gasteiger partial charge on any atom is -0.484 e. The lowest BCUT2D eigenvalue weighted by atomic mass is 10.2. The molecule has 1 amide bonds. The van der Waals surface area contributed by atoms with E-state index in [1.54, 1.807) is 12.1 Å². The molecule has 0 bridgehead atoms. The summed E-state index contributed by atoms with van der Waals surface area (Å²) in [7, 11) is 0. The molecule has 0 fully saturated rings. The van der Waals surface area contributed by atoms with E-state index < -0.39 is 0 Å². The number of hydrogen-bond donors (Lipinski definition) is 1. The second kappa shape index (κ2) is 6.96. The molecule has 104 valence electrons. The molecule has 0 saturated carbocycles. The molecule has 0 radical (unpaired) electrons. The molecule has 0 spiro atoms. The Labute approximate surface area is 123 Å². The van der Waals surface area contributed by atoms with Gasteiger partial charge >= 0.3 is 0 Å². The first kappa shape index (κ1) is 14.4. The predicted octanol–water partition coefficient (Wildman–Crippen LogP) is 3.92. The third-order valence-electron chi connectivity index (χ3n) is 2.82. The third-order valence-corrected chi connectivity index (χ3v) is 3.15. The highest BCUT2D eigenvalue weighted by Gasteiger charge is 2.06. The minimum atomic E-state index is -0.236. The molecule has 0 saturated heterocycles. The Balaban J connectivity index is 1.90. The van der Waals surface area contributed by atoms with Crippen LogP contribution in [0.25, 0.3) is 0 Å². The average molecular weight is 290 g/mol. The van der Waals surface area contributed by atoms with Crippen molar-refractivity contribution in [3.8, 4) is 5.75 Å². The van der Waals surface area contributed by atoms with Crippen LogP contribution in [-0.4, -0.2) is 12.5 Å². The van der Waals surface area contributed by atoms with Crippen LogP contribution in [0.3, 0.4) is 0 Å². The van der Waals surface area contributed by atoms with Crippen molar-refractivity contribution in [2.75, 3.05) is 11.9 Å². The number of benzene rings is 2. The predicted molar refractivity (Wildman–Crippen MR) is 81.4 cm³/mol. The lowest BCUT2D eigenvalue weighted by Gasteiger charge is -2.09. The number of ether oxygens (including phenoxy) is 1. The van der Waals surface area contributed by atoms with Crippen molar-refractivity contribution in [3.63, 3.8) is 0 Å². The number of hydrogen-bond acceptors (Lipinski definition) is 2. The van der Waals surface area contributed by atoms with Gasteiger partial charge in [-0.3, -0.25) is 4.79 Å². The Morgan fingerprint density at radius 2 is 2.00 bits per heavy atom. The Bertz CT molecular complexity index is 599. The maximum Gasteiger partial charge on any atom is 0.262 e. The van der Waals surface area contributed by atoms with E-state index in [0.29, 0.717) is 16.5 Å². The normalized spacial score (nSPS) is 10.1. The van der Waals surface area contributed by atoms with Gasteiger partial charge in [-0.2, -0.15) is 0 Å². The molecular weight excluding hydrogens is 274 g/mol. The first-order valence-corrected chi connectivity index (χ1v) is 6.83. The van der Waals surface area contributed by atoms with Gasteiger partial charge in [0.05, 0.1) is 10.7 Å². The van der Waals surface area contributed by atoms with E-state index in [1.807, 2.05) is 36.4 Å². The summed E-state index contributed by atoms with van der Waals surface area (Å²) in [5, 5.41) is 3.22. The van der Waals surface area contributed by atoms with Gasteiger partial charge in [-0.05, 0) is 36.2 Å². The lowest BCUT2D eigenvalue weighted by molar-refractivity contribution is -0.118. The van der Waals surface area contributed by atoms with Crippen molar-refractivity contribution >= 4 is 23.2 Å². The van der Waals surface area contributed by atoms with Gasteiger partial charge in [0.15, 0.2) is 6.61 Å². The molecule has 2 aromatic rings. The number of anilines is 1. The van der Waals surface area contributed by atoms with Crippen LogP contribution in [0.4, 0.5) is 5.69 Å². The number of nitrogens with one attached hydrogen (secondary N) is 1. The zero-order chi connectivity index (χ0) is 14.4. The number of halogens is 1. The van der Waals surface area contributed by atoms with E-state index in [4.69, 9.17) is 16.3 Å². The summed E-state index contributed by atoms with van der Waals surface area (Å²) >= 11 is 5.97. The monoisotopic (exact) mass is 289 g/mol. The van der Waals surface area contributed by atoms with Crippen LogP contribution in [0.15, 0.2) is 48.5 Å². The molecule has 0 aromatic heterocycles.